The SMILES string of the molecule is Cc1cc(NC(=O)c2ccco2)sc1C(=O)NCc1nc(-c2ccncc2)cs1. The van der Waals surface area contributed by atoms with Gasteiger partial charge in [-0.05, 0) is 42.8 Å². The van der Waals surface area contributed by atoms with Crippen LogP contribution in [0.1, 0.15) is 30.8 Å². The van der Waals surface area contributed by atoms with Crippen molar-refractivity contribution in [3.05, 3.63) is 75.6 Å². The molecule has 0 atom stereocenters. The number of aryl methyl sites for hydroxylation is 1. The number of thiazole rings is 1. The van der Waals surface area contributed by atoms with Gasteiger partial charge in [0.05, 0.1) is 28.4 Å². The van der Waals surface area contributed by atoms with Gasteiger partial charge in [0, 0.05) is 23.3 Å². The highest BCUT2D eigenvalue weighted by molar-refractivity contribution is 7.18. The van der Waals surface area contributed by atoms with E-state index in [1.807, 2.05) is 24.4 Å². The van der Waals surface area contributed by atoms with Crippen molar-refractivity contribution in [2.24, 2.45) is 0 Å². The van der Waals surface area contributed by atoms with Gasteiger partial charge in [-0.1, -0.05) is 0 Å². The van der Waals surface area contributed by atoms with Crippen molar-refractivity contribution in [3.8, 4) is 11.3 Å². The van der Waals surface area contributed by atoms with Crippen LogP contribution in [0.3, 0.4) is 0 Å². The Balaban J connectivity index is 1.38. The Hall–Kier alpha value is -3.30. The fraction of sp³-hybridized carbons (Fsp3) is 0.100. The van der Waals surface area contributed by atoms with Crippen molar-refractivity contribution in [3.63, 3.8) is 0 Å². The smallest absolute Gasteiger partial charge is 0.291 e. The molecule has 4 rings (SSSR count). The maximum Gasteiger partial charge on any atom is 0.291 e. The third-order valence-corrected chi connectivity index (χ3v) is 6.03. The van der Waals surface area contributed by atoms with Crippen LogP contribution in [0.4, 0.5) is 5.00 Å². The minimum Gasteiger partial charge on any atom is -0.459 e. The van der Waals surface area contributed by atoms with Crippen LogP contribution in [-0.2, 0) is 6.54 Å². The van der Waals surface area contributed by atoms with Gasteiger partial charge >= 0.3 is 0 Å². The predicted octanol–water partition coefficient (Wildman–Crippen LogP) is 4.35. The quantitative estimate of drug-likeness (QED) is 0.480. The van der Waals surface area contributed by atoms with Crippen LogP contribution in [0.15, 0.2) is 58.8 Å². The summed E-state index contributed by atoms with van der Waals surface area (Å²) in [6.45, 7) is 2.17. The first kappa shape index (κ1) is 19.0. The van der Waals surface area contributed by atoms with Gasteiger partial charge in [0.1, 0.15) is 5.01 Å². The first-order chi connectivity index (χ1) is 14.1. The van der Waals surface area contributed by atoms with Crippen LogP contribution < -0.4 is 10.6 Å². The molecule has 7 nitrogen and oxygen atoms in total. The average Bonchev–Trinajstić information content (AvgIpc) is 3.48. The van der Waals surface area contributed by atoms with Gasteiger partial charge in [-0.3, -0.25) is 14.6 Å². The number of nitrogens with zero attached hydrogens (tertiary/aromatic N) is 2. The van der Waals surface area contributed by atoms with Gasteiger partial charge in [0.15, 0.2) is 5.76 Å². The Bertz CT molecular complexity index is 1130. The molecule has 0 fully saturated rings. The van der Waals surface area contributed by atoms with E-state index in [0.29, 0.717) is 16.4 Å². The van der Waals surface area contributed by atoms with Gasteiger partial charge in [-0.2, -0.15) is 0 Å². The highest BCUT2D eigenvalue weighted by Gasteiger charge is 2.17. The van der Waals surface area contributed by atoms with Crippen LogP contribution in [0.5, 0.6) is 0 Å². The van der Waals surface area contributed by atoms with Crippen molar-refractivity contribution in [2.45, 2.75) is 13.5 Å². The number of nitrogens with one attached hydrogen (secondary N) is 2. The highest BCUT2D eigenvalue weighted by atomic mass is 32.1. The number of thiophene rings is 1. The van der Waals surface area contributed by atoms with Gasteiger partial charge in [-0.25, -0.2) is 4.98 Å². The third-order valence-electron chi connectivity index (χ3n) is 4.03. The Kier molecular flexibility index (Phi) is 5.50. The van der Waals surface area contributed by atoms with E-state index >= 15 is 0 Å². The van der Waals surface area contributed by atoms with Gasteiger partial charge in [0.25, 0.3) is 11.8 Å². The van der Waals surface area contributed by atoms with Gasteiger partial charge in [0.2, 0.25) is 0 Å². The first-order valence-electron chi connectivity index (χ1n) is 8.68. The lowest BCUT2D eigenvalue weighted by Crippen LogP contribution is -2.22. The van der Waals surface area contributed by atoms with E-state index < -0.39 is 0 Å². The second kappa shape index (κ2) is 8.38. The van der Waals surface area contributed by atoms with Crippen LogP contribution in [-0.4, -0.2) is 21.8 Å². The molecule has 4 heterocycles. The zero-order valence-corrected chi connectivity index (χ0v) is 17.0. The standard InChI is InChI=1S/C20H16N4O3S2/c1-12-9-16(24-19(25)15-3-2-8-27-15)29-18(12)20(26)22-10-17-23-14(11-28-17)13-4-6-21-7-5-13/h2-9,11H,10H2,1H3,(H,22,26)(H,24,25). The number of hydrogen-bond donors (Lipinski definition) is 2. The summed E-state index contributed by atoms with van der Waals surface area (Å²) in [5.41, 5.74) is 2.63. The molecule has 0 aromatic carbocycles. The minimum atomic E-state index is -0.352. The molecule has 29 heavy (non-hydrogen) atoms. The van der Waals surface area contributed by atoms with Crippen LogP contribution in [0.2, 0.25) is 0 Å². The average molecular weight is 425 g/mol. The number of furan rings is 1. The van der Waals surface area contributed by atoms with E-state index in [-0.39, 0.29) is 17.6 Å². The molecule has 146 valence electrons. The monoisotopic (exact) mass is 424 g/mol. The van der Waals surface area contributed by atoms with E-state index in [0.717, 1.165) is 21.8 Å². The number of amides is 2. The zero-order chi connectivity index (χ0) is 20.2. The van der Waals surface area contributed by atoms with Crippen molar-refractivity contribution in [2.75, 3.05) is 5.32 Å². The van der Waals surface area contributed by atoms with E-state index in [1.54, 1.807) is 30.6 Å². The number of rotatable bonds is 6. The van der Waals surface area contributed by atoms with E-state index in [2.05, 4.69) is 20.6 Å². The number of aromatic nitrogens is 2. The van der Waals surface area contributed by atoms with Gasteiger partial charge < -0.3 is 15.1 Å². The Morgan fingerprint density at radius 2 is 2.00 bits per heavy atom. The number of carbonyl (C=O) groups excluding carboxylic acids is 2. The number of carbonyl (C=O) groups is 2. The fourth-order valence-electron chi connectivity index (χ4n) is 2.63. The maximum atomic E-state index is 12.6. The topological polar surface area (TPSA) is 97.1 Å². The summed E-state index contributed by atoms with van der Waals surface area (Å²) >= 11 is 2.71. The summed E-state index contributed by atoms with van der Waals surface area (Å²) in [7, 11) is 0. The molecule has 2 N–H and O–H groups in total. The van der Waals surface area contributed by atoms with Crippen LogP contribution >= 0.6 is 22.7 Å². The first-order valence-corrected chi connectivity index (χ1v) is 10.4. The molecular formula is C20H16N4O3S2. The predicted molar refractivity (Wildman–Crippen MR) is 112 cm³/mol. The summed E-state index contributed by atoms with van der Waals surface area (Å²) in [6.07, 6.45) is 4.88. The summed E-state index contributed by atoms with van der Waals surface area (Å²) in [4.78, 5) is 33.8. The zero-order valence-electron chi connectivity index (χ0n) is 15.3. The lowest BCUT2D eigenvalue weighted by atomic mass is 10.2. The van der Waals surface area contributed by atoms with Crippen molar-refractivity contribution in [1.29, 1.82) is 0 Å². The fourth-order valence-corrected chi connectivity index (χ4v) is 4.36. The maximum absolute atomic E-state index is 12.6. The molecule has 0 radical (unpaired) electrons. The molecule has 0 aliphatic heterocycles. The molecule has 4 aromatic heterocycles. The molecule has 0 bridgehead atoms. The summed E-state index contributed by atoms with van der Waals surface area (Å²) in [5, 5.41) is 8.99. The lowest BCUT2D eigenvalue weighted by Gasteiger charge is -2.02. The van der Waals surface area contributed by atoms with Crippen LogP contribution in [0, 0.1) is 6.92 Å². The summed E-state index contributed by atoms with van der Waals surface area (Å²) < 4.78 is 5.08. The molecule has 0 unspecified atom stereocenters. The Labute approximate surface area is 174 Å². The normalized spacial score (nSPS) is 10.7. The molecule has 2 amide bonds. The second-order valence-electron chi connectivity index (χ2n) is 6.10. The molecule has 4 aromatic rings. The Morgan fingerprint density at radius 1 is 1.17 bits per heavy atom. The van der Waals surface area contributed by atoms with E-state index in [9.17, 15) is 9.59 Å². The molecular weight excluding hydrogens is 408 g/mol. The number of anilines is 1. The molecule has 0 saturated heterocycles. The Morgan fingerprint density at radius 3 is 2.76 bits per heavy atom. The van der Waals surface area contributed by atoms with E-state index in [1.165, 1.54) is 28.9 Å². The molecule has 0 saturated carbocycles. The highest BCUT2D eigenvalue weighted by Crippen LogP contribution is 2.27. The lowest BCUT2D eigenvalue weighted by molar-refractivity contribution is 0.0953. The van der Waals surface area contributed by atoms with Crippen molar-refractivity contribution in [1.82, 2.24) is 15.3 Å². The molecule has 0 aliphatic carbocycles. The number of pyridine rings is 1. The van der Waals surface area contributed by atoms with Crippen molar-refractivity contribution >= 4 is 39.5 Å². The molecule has 0 aliphatic rings. The summed E-state index contributed by atoms with van der Waals surface area (Å²) in [6, 6.07) is 8.78. The molecule has 9 heteroatoms. The molecule has 0 spiro atoms. The largest absolute Gasteiger partial charge is 0.459 e. The van der Waals surface area contributed by atoms with Crippen LogP contribution in [0.25, 0.3) is 11.3 Å². The van der Waals surface area contributed by atoms with Gasteiger partial charge in [-0.15, -0.1) is 22.7 Å². The van der Waals surface area contributed by atoms with E-state index in [4.69, 9.17) is 4.42 Å². The third kappa shape index (κ3) is 4.41. The minimum absolute atomic E-state index is 0.202. The van der Waals surface area contributed by atoms with Crippen molar-refractivity contribution < 1.29 is 14.0 Å². The second-order valence-corrected chi connectivity index (χ2v) is 8.09. The number of hydrogen-bond acceptors (Lipinski definition) is 7. The summed E-state index contributed by atoms with van der Waals surface area (Å²) in [5.74, 6) is -0.336.